The Bertz CT molecular complexity index is 677. The first-order chi connectivity index (χ1) is 12.8. The third-order valence-corrected chi connectivity index (χ3v) is 4.86. The lowest BCUT2D eigenvalue weighted by Gasteiger charge is -2.30. The SMILES string of the molecule is COC(=O)C(C(C)C)N(C)C(=O)CN(C)C(=O)[C@H]1CN1Cc1ccccc1. The number of methoxy groups -OCH3 is 1. The smallest absolute Gasteiger partial charge is 0.328 e. The second kappa shape index (κ2) is 8.99. The maximum Gasteiger partial charge on any atom is 0.328 e. The summed E-state index contributed by atoms with van der Waals surface area (Å²) in [5.41, 5.74) is 1.16. The monoisotopic (exact) mass is 375 g/mol. The quantitative estimate of drug-likeness (QED) is 0.501. The highest BCUT2D eigenvalue weighted by Crippen LogP contribution is 2.23. The Morgan fingerprint density at radius 1 is 1.19 bits per heavy atom. The molecule has 1 heterocycles. The Balaban J connectivity index is 1.88. The molecule has 2 amide bonds. The van der Waals surface area contributed by atoms with Gasteiger partial charge in [0, 0.05) is 27.2 Å². The Morgan fingerprint density at radius 2 is 1.81 bits per heavy atom. The van der Waals surface area contributed by atoms with Gasteiger partial charge in [-0.2, -0.15) is 0 Å². The molecular formula is C20H29N3O4. The third-order valence-electron chi connectivity index (χ3n) is 4.86. The molecule has 3 atom stereocenters. The highest BCUT2D eigenvalue weighted by atomic mass is 16.5. The van der Waals surface area contributed by atoms with Crippen LogP contribution in [0, 0.1) is 5.92 Å². The largest absolute Gasteiger partial charge is 0.467 e. The number of rotatable bonds is 8. The van der Waals surface area contributed by atoms with Gasteiger partial charge in [-0.25, -0.2) is 4.79 Å². The number of ether oxygens (including phenoxy) is 1. The average molecular weight is 375 g/mol. The number of carbonyl (C=O) groups is 3. The Morgan fingerprint density at radius 3 is 2.37 bits per heavy atom. The molecule has 7 nitrogen and oxygen atoms in total. The van der Waals surface area contributed by atoms with Crippen molar-refractivity contribution in [1.82, 2.24) is 14.7 Å². The first kappa shape index (κ1) is 20.9. The van der Waals surface area contributed by atoms with Crippen LogP contribution in [0.3, 0.4) is 0 Å². The van der Waals surface area contributed by atoms with Gasteiger partial charge in [-0.15, -0.1) is 0 Å². The van der Waals surface area contributed by atoms with E-state index in [4.69, 9.17) is 4.74 Å². The first-order valence-corrected chi connectivity index (χ1v) is 9.12. The lowest BCUT2D eigenvalue weighted by molar-refractivity contribution is -0.154. The molecule has 1 aromatic rings. The zero-order valence-corrected chi connectivity index (χ0v) is 16.7. The molecule has 0 N–H and O–H groups in total. The van der Waals surface area contributed by atoms with Gasteiger partial charge in [-0.05, 0) is 11.5 Å². The second-order valence-electron chi connectivity index (χ2n) is 7.34. The summed E-state index contributed by atoms with van der Waals surface area (Å²) in [6, 6.07) is 9.12. The molecule has 1 aliphatic rings. The molecule has 27 heavy (non-hydrogen) atoms. The van der Waals surface area contributed by atoms with Gasteiger partial charge in [-0.1, -0.05) is 44.2 Å². The van der Waals surface area contributed by atoms with Gasteiger partial charge in [0.2, 0.25) is 11.8 Å². The van der Waals surface area contributed by atoms with Gasteiger partial charge < -0.3 is 14.5 Å². The third kappa shape index (κ3) is 5.29. The van der Waals surface area contributed by atoms with E-state index >= 15 is 0 Å². The average Bonchev–Trinajstić information content (AvgIpc) is 3.40. The van der Waals surface area contributed by atoms with Gasteiger partial charge in [0.15, 0.2) is 0 Å². The van der Waals surface area contributed by atoms with Crippen LogP contribution in [-0.4, -0.2) is 78.9 Å². The summed E-state index contributed by atoms with van der Waals surface area (Å²) in [4.78, 5) is 41.9. The van der Waals surface area contributed by atoms with Crippen molar-refractivity contribution in [3.05, 3.63) is 35.9 Å². The second-order valence-corrected chi connectivity index (χ2v) is 7.34. The molecule has 2 unspecified atom stereocenters. The number of hydrogen-bond acceptors (Lipinski definition) is 5. The molecule has 7 heteroatoms. The molecule has 0 saturated carbocycles. The summed E-state index contributed by atoms with van der Waals surface area (Å²) in [5.74, 6) is -0.902. The molecule has 2 rings (SSSR count). The Kier molecular flexibility index (Phi) is 6.96. The van der Waals surface area contributed by atoms with Crippen LogP contribution in [0.2, 0.25) is 0 Å². The van der Waals surface area contributed by atoms with E-state index in [1.165, 1.54) is 16.9 Å². The fourth-order valence-corrected chi connectivity index (χ4v) is 3.20. The van der Waals surface area contributed by atoms with Crippen molar-refractivity contribution in [3.63, 3.8) is 0 Å². The Labute approximate surface area is 160 Å². The van der Waals surface area contributed by atoms with Gasteiger partial charge in [0.05, 0.1) is 13.7 Å². The summed E-state index contributed by atoms with van der Waals surface area (Å²) in [6.45, 7) is 5.05. The minimum absolute atomic E-state index is 0.0643. The van der Waals surface area contributed by atoms with Crippen molar-refractivity contribution in [1.29, 1.82) is 0 Å². The van der Waals surface area contributed by atoms with Crippen molar-refractivity contribution in [2.45, 2.75) is 32.5 Å². The lowest BCUT2D eigenvalue weighted by Crippen LogP contribution is -2.50. The van der Waals surface area contributed by atoms with Crippen LogP contribution in [0.1, 0.15) is 19.4 Å². The zero-order valence-electron chi connectivity index (χ0n) is 16.7. The van der Waals surface area contributed by atoms with E-state index in [0.29, 0.717) is 6.54 Å². The zero-order chi connectivity index (χ0) is 20.1. The predicted octanol–water partition coefficient (Wildman–Crippen LogP) is 0.985. The van der Waals surface area contributed by atoms with Crippen LogP contribution in [0.15, 0.2) is 30.3 Å². The van der Waals surface area contributed by atoms with Crippen LogP contribution in [0.5, 0.6) is 0 Å². The summed E-state index contributed by atoms with van der Waals surface area (Å²) >= 11 is 0. The fourth-order valence-electron chi connectivity index (χ4n) is 3.20. The number of esters is 1. The van der Waals surface area contributed by atoms with Gasteiger partial charge in [0.25, 0.3) is 0 Å². The molecule has 1 saturated heterocycles. The van der Waals surface area contributed by atoms with Crippen LogP contribution in [-0.2, 0) is 25.7 Å². The normalized spacial score (nSPS) is 19.3. The summed E-state index contributed by atoms with van der Waals surface area (Å²) in [6.07, 6.45) is 0. The molecular weight excluding hydrogens is 346 g/mol. The highest BCUT2D eigenvalue weighted by Gasteiger charge is 2.42. The van der Waals surface area contributed by atoms with E-state index < -0.39 is 12.0 Å². The molecule has 0 aromatic heterocycles. The lowest BCUT2D eigenvalue weighted by atomic mass is 10.0. The van der Waals surface area contributed by atoms with E-state index in [1.54, 1.807) is 14.1 Å². The number of benzene rings is 1. The molecule has 0 bridgehead atoms. The number of hydrogen-bond donors (Lipinski definition) is 0. The standard InChI is InChI=1S/C20H29N3O4/c1-14(2)18(20(26)27-5)22(4)17(24)13-21(3)19(25)16-12-23(16)11-15-9-7-6-8-10-15/h6-10,14,16,18H,11-13H2,1-5H3/t16-,18?,23?/m1/s1. The summed E-state index contributed by atoms with van der Waals surface area (Å²) in [5, 5.41) is 0. The van der Waals surface area contributed by atoms with Crippen molar-refractivity contribution >= 4 is 17.8 Å². The van der Waals surface area contributed by atoms with Gasteiger partial charge in [0.1, 0.15) is 12.1 Å². The van der Waals surface area contributed by atoms with Crippen molar-refractivity contribution < 1.29 is 19.1 Å². The molecule has 0 aliphatic carbocycles. The van der Waals surface area contributed by atoms with Crippen LogP contribution >= 0.6 is 0 Å². The molecule has 1 aromatic carbocycles. The Hall–Kier alpha value is -2.41. The molecule has 1 fully saturated rings. The van der Waals surface area contributed by atoms with Crippen LogP contribution in [0.25, 0.3) is 0 Å². The summed E-state index contributed by atoms with van der Waals surface area (Å²) in [7, 11) is 4.50. The van der Waals surface area contributed by atoms with Crippen molar-refractivity contribution in [2.75, 3.05) is 34.3 Å². The molecule has 1 aliphatic heterocycles. The summed E-state index contributed by atoms with van der Waals surface area (Å²) < 4.78 is 4.80. The maximum absolute atomic E-state index is 12.6. The van der Waals surface area contributed by atoms with Crippen LogP contribution < -0.4 is 0 Å². The fraction of sp³-hybridized carbons (Fsp3) is 0.550. The van der Waals surface area contributed by atoms with Crippen LogP contribution in [0.4, 0.5) is 0 Å². The van der Waals surface area contributed by atoms with E-state index in [2.05, 4.69) is 4.90 Å². The predicted molar refractivity (Wildman–Crippen MR) is 102 cm³/mol. The number of likely N-dealkylation sites (N-methyl/N-ethyl adjacent to an activating group) is 2. The maximum atomic E-state index is 12.6. The highest BCUT2D eigenvalue weighted by molar-refractivity contribution is 5.90. The molecule has 148 valence electrons. The van der Waals surface area contributed by atoms with E-state index in [9.17, 15) is 14.4 Å². The number of amides is 2. The van der Waals surface area contributed by atoms with Crippen molar-refractivity contribution in [3.8, 4) is 0 Å². The topological polar surface area (TPSA) is 69.9 Å². The van der Waals surface area contributed by atoms with E-state index in [-0.39, 0.29) is 30.3 Å². The van der Waals surface area contributed by atoms with E-state index in [0.717, 1.165) is 12.1 Å². The van der Waals surface area contributed by atoms with Gasteiger partial charge in [-0.3, -0.25) is 14.5 Å². The first-order valence-electron chi connectivity index (χ1n) is 9.12. The van der Waals surface area contributed by atoms with Crippen molar-refractivity contribution in [2.24, 2.45) is 5.92 Å². The minimum Gasteiger partial charge on any atom is -0.467 e. The van der Waals surface area contributed by atoms with E-state index in [1.807, 2.05) is 44.2 Å². The molecule has 0 spiro atoms. The molecule has 0 radical (unpaired) electrons. The number of nitrogens with zero attached hydrogens (tertiary/aromatic N) is 3. The number of carbonyl (C=O) groups excluding carboxylic acids is 3. The van der Waals surface area contributed by atoms with Gasteiger partial charge >= 0.3 is 5.97 Å². The minimum atomic E-state index is -0.665.